The number of nitrogens with zero attached hydrogens (tertiary/aromatic N) is 6. The van der Waals surface area contributed by atoms with Crippen molar-refractivity contribution < 1.29 is 13.9 Å². The Hall–Kier alpha value is -4.38. The van der Waals surface area contributed by atoms with Crippen LogP contribution in [-0.4, -0.2) is 65.4 Å². The predicted octanol–water partition coefficient (Wildman–Crippen LogP) is 4.36. The van der Waals surface area contributed by atoms with Gasteiger partial charge in [-0.25, -0.2) is 14.4 Å². The fourth-order valence-electron chi connectivity index (χ4n) is 6.72. The lowest BCUT2D eigenvalue weighted by Gasteiger charge is -2.40. The average molecular weight is 600 g/mol. The van der Waals surface area contributed by atoms with Crippen LogP contribution < -0.4 is 30.4 Å². The third-order valence-corrected chi connectivity index (χ3v) is 9.20. The second-order valence-electron chi connectivity index (χ2n) is 12.1. The van der Waals surface area contributed by atoms with Crippen molar-refractivity contribution in [1.29, 1.82) is 0 Å². The topological polar surface area (TPSA) is 102 Å². The molecule has 0 amide bonds. The second-order valence-corrected chi connectivity index (χ2v) is 12.1. The molecule has 0 saturated carbocycles. The van der Waals surface area contributed by atoms with Gasteiger partial charge in [0.1, 0.15) is 18.1 Å². The van der Waals surface area contributed by atoms with Crippen LogP contribution >= 0.6 is 0 Å². The Morgan fingerprint density at radius 1 is 1.11 bits per heavy atom. The second kappa shape index (κ2) is 11.6. The highest BCUT2D eigenvalue weighted by Crippen LogP contribution is 2.43. The molecule has 3 aliphatic heterocycles. The maximum Gasteiger partial charge on any atom is 0.213 e. The van der Waals surface area contributed by atoms with E-state index in [0.717, 1.165) is 56.7 Å². The number of halogens is 1. The largest absolute Gasteiger partial charge is 0.487 e. The van der Waals surface area contributed by atoms with Gasteiger partial charge in [-0.3, -0.25) is 9.69 Å². The van der Waals surface area contributed by atoms with Crippen LogP contribution in [-0.2, 0) is 13.1 Å². The summed E-state index contributed by atoms with van der Waals surface area (Å²) in [6.45, 7) is 6.77. The van der Waals surface area contributed by atoms with Crippen molar-refractivity contribution in [2.75, 3.05) is 55.4 Å². The molecular formula is C33H38FN7O3. The van der Waals surface area contributed by atoms with Crippen molar-refractivity contribution in [3.8, 4) is 11.6 Å². The summed E-state index contributed by atoms with van der Waals surface area (Å²) in [6, 6.07) is 9.33. The first-order valence-corrected chi connectivity index (χ1v) is 15.4. The molecule has 0 bridgehead atoms. The van der Waals surface area contributed by atoms with Crippen molar-refractivity contribution in [2.45, 2.75) is 51.4 Å². The van der Waals surface area contributed by atoms with Gasteiger partial charge in [0.05, 0.1) is 35.9 Å². The molecule has 2 atom stereocenters. The van der Waals surface area contributed by atoms with Gasteiger partial charge in [-0.15, -0.1) is 0 Å². The van der Waals surface area contributed by atoms with Gasteiger partial charge in [0, 0.05) is 69.3 Å². The van der Waals surface area contributed by atoms with E-state index in [1.54, 1.807) is 13.3 Å². The van der Waals surface area contributed by atoms with Gasteiger partial charge in [0.25, 0.3) is 0 Å². The van der Waals surface area contributed by atoms with Crippen LogP contribution in [0.5, 0.6) is 11.6 Å². The molecule has 11 heteroatoms. The molecule has 0 radical (unpaired) electrons. The van der Waals surface area contributed by atoms with Crippen LogP contribution in [0.1, 0.15) is 43.4 Å². The summed E-state index contributed by atoms with van der Waals surface area (Å²) >= 11 is 0. The third-order valence-electron chi connectivity index (χ3n) is 9.20. The molecule has 2 fully saturated rings. The molecule has 3 aromatic heterocycles. The van der Waals surface area contributed by atoms with Crippen molar-refractivity contribution in [2.24, 2.45) is 0 Å². The van der Waals surface area contributed by atoms with E-state index in [9.17, 15) is 4.79 Å². The van der Waals surface area contributed by atoms with Crippen molar-refractivity contribution in [3.05, 3.63) is 76.1 Å². The average Bonchev–Trinajstić information content (AvgIpc) is 3.01. The van der Waals surface area contributed by atoms with E-state index in [2.05, 4.69) is 31.3 Å². The number of methoxy groups -OCH3 is 1. The Balaban J connectivity index is 1.28. The quantitative estimate of drug-likeness (QED) is 0.317. The molecule has 3 aliphatic rings. The summed E-state index contributed by atoms with van der Waals surface area (Å²) in [5.74, 6) is 1.13. The maximum absolute atomic E-state index is 15.6. The Morgan fingerprint density at radius 3 is 2.70 bits per heavy atom. The molecule has 0 aliphatic carbocycles. The molecule has 10 nitrogen and oxygen atoms in total. The van der Waals surface area contributed by atoms with Gasteiger partial charge < -0.3 is 29.6 Å². The first-order valence-electron chi connectivity index (χ1n) is 15.4. The standard InChI is InChI=1S/C33H38FN7O3/c1-21-20-44-33-30-26(14-27(34)31(33)38-11-4-12-38)32(42)23(18-41(21)30)17-40(16-22-8-9-36-29(13-22)43-2)25-5-3-10-39(19-25)24-6-7-28(35)37-15-24/h6-9,13-15,18,21,25H,3-5,10-12,16-17,19-20H2,1-2H3,(H2,35,37). The molecule has 0 spiro atoms. The lowest BCUT2D eigenvalue weighted by Crippen LogP contribution is -2.48. The number of pyridine rings is 3. The molecule has 44 heavy (non-hydrogen) atoms. The van der Waals surface area contributed by atoms with Gasteiger partial charge >= 0.3 is 0 Å². The number of aromatic nitrogens is 3. The summed E-state index contributed by atoms with van der Waals surface area (Å²) in [4.78, 5) is 29.4. The number of hydrogen-bond acceptors (Lipinski definition) is 9. The van der Waals surface area contributed by atoms with Crippen LogP contribution in [0.3, 0.4) is 0 Å². The minimum absolute atomic E-state index is 0.000139. The van der Waals surface area contributed by atoms with Gasteiger partial charge in [-0.2, -0.15) is 0 Å². The predicted molar refractivity (Wildman–Crippen MR) is 169 cm³/mol. The molecular weight excluding hydrogens is 561 g/mol. The fourth-order valence-corrected chi connectivity index (χ4v) is 6.72. The molecule has 2 unspecified atom stereocenters. The summed E-state index contributed by atoms with van der Waals surface area (Å²) in [5, 5.41) is 0.370. The van der Waals surface area contributed by atoms with Gasteiger partial charge in [-0.05, 0) is 56.0 Å². The Bertz CT molecular complexity index is 1740. The van der Waals surface area contributed by atoms with E-state index in [0.29, 0.717) is 59.3 Å². The van der Waals surface area contributed by atoms with Crippen LogP contribution in [0.2, 0.25) is 0 Å². The van der Waals surface area contributed by atoms with Crippen molar-refractivity contribution >= 4 is 28.1 Å². The molecule has 1 aromatic carbocycles. The van der Waals surface area contributed by atoms with E-state index in [-0.39, 0.29) is 17.5 Å². The summed E-state index contributed by atoms with van der Waals surface area (Å²) in [7, 11) is 1.61. The summed E-state index contributed by atoms with van der Waals surface area (Å²) in [6.07, 6.45) is 8.53. The van der Waals surface area contributed by atoms with E-state index in [4.69, 9.17) is 15.2 Å². The van der Waals surface area contributed by atoms with E-state index >= 15 is 4.39 Å². The van der Waals surface area contributed by atoms with E-state index < -0.39 is 5.82 Å². The number of nitrogens with two attached hydrogens (primary N) is 1. The zero-order chi connectivity index (χ0) is 30.4. The van der Waals surface area contributed by atoms with E-state index in [1.807, 2.05) is 41.6 Å². The minimum Gasteiger partial charge on any atom is -0.487 e. The van der Waals surface area contributed by atoms with Gasteiger partial charge in [-0.1, -0.05) is 0 Å². The first kappa shape index (κ1) is 28.4. The number of ether oxygens (including phenoxy) is 2. The molecule has 2 N–H and O–H groups in total. The van der Waals surface area contributed by atoms with Crippen LogP contribution in [0.15, 0.2) is 53.7 Å². The third kappa shape index (κ3) is 5.19. The number of hydrogen-bond donors (Lipinski definition) is 1. The van der Waals surface area contributed by atoms with Crippen LogP contribution in [0, 0.1) is 5.82 Å². The van der Waals surface area contributed by atoms with Gasteiger partial charge in [0.15, 0.2) is 17.0 Å². The fraction of sp³-hybridized carbons (Fsp3) is 0.424. The maximum atomic E-state index is 15.6. The minimum atomic E-state index is -0.400. The highest BCUT2D eigenvalue weighted by Gasteiger charge is 2.32. The van der Waals surface area contributed by atoms with E-state index in [1.165, 1.54) is 6.07 Å². The smallest absolute Gasteiger partial charge is 0.213 e. The van der Waals surface area contributed by atoms with Gasteiger partial charge in [0.2, 0.25) is 5.88 Å². The number of anilines is 3. The summed E-state index contributed by atoms with van der Waals surface area (Å²) in [5.41, 5.74) is 9.57. The highest BCUT2D eigenvalue weighted by molar-refractivity contribution is 5.92. The zero-order valence-electron chi connectivity index (χ0n) is 25.2. The molecule has 2 saturated heterocycles. The molecule has 7 rings (SSSR count). The first-order chi connectivity index (χ1) is 21.4. The monoisotopic (exact) mass is 599 g/mol. The number of nitrogen functional groups attached to an aromatic ring is 1. The van der Waals surface area contributed by atoms with Crippen molar-refractivity contribution in [3.63, 3.8) is 0 Å². The number of benzene rings is 1. The number of rotatable bonds is 8. The van der Waals surface area contributed by atoms with Crippen LogP contribution in [0.4, 0.5) is 21.6 Å². The Kier molecular flexibility index (Phi) is 7.49. The molecule has 6 heterocycles. The van der Waals surface area contributed by atoms with Crippen molar-refractivity contribution in [1.82, 2.24) is 19.4 Å². The zero-order valence-corrected chi connectivity index (χ0v) is 25.2. The van der Waals surface area contributed by atoms with Crippen LogP contribution in [0.25, 0.3) is 10.9 Å². The Labute approximate surface area is 255 Å². The number of piperidine rings is 1. The normalized spacial score (nSPS) is 19.6. The SMILES string of the molecule is COc1cc(CN(Cc2cn3c4c(c(N5CCC5)c(F)cc4c2=O)OCC3C)C2CCCN(c3ccc(N)nc3)C2)ccn1. The summed E-state index contributed by atoms with van der Waals surface area (Å²) < 4.78 is 29.3. The molecule has 230 valence electrons. The highest BCUT2D eigenvalue weighted by atomic mass is 19.1. The molecule has 4 aromatic rings. The lowest BCUT2D eigenvalue weighted by molar-refractivity contribution is 0.157. The Morgan fingerprint density at radius 2 is 1.95 bits per heavy atom. The lowest BCUT2D eigenvalue weighted by atomic mass is 10.0.